The molecule has 1 aromatic rings. The lowest BCUT2D eigenvalue weighted by molar-refractivity contribution is 0.559. The van der Waals surface area contributed by atoms with Crippen LogP contribution in [0.1, 0.15) is 18.4 Å². The van der Waals surface area contributed by atoms with Gasteiger partial charge in [-0.1, -0.05) is 0 Å². The maximum atomic E-state index is 11.3. The van der Waals surface area contributed by atoms with Crippen LogP contribution in [0.3, 0.4) is 0 Å². The van der Waals surface area contributed by atoms with Gasteiger partial charge in [0, 0.05) is 12.2 Å². The predicted molar refractivity (Wildman–Crippen MR) is 68.7 cm³/mol. The van der Waals surface area contributed by atoms with Gasteiger partial charge in [-0.15, -0.1) is 0 Å². The van der Waals surface area contributed by atoms with E-state index in [-0.39, 0.29) is 17.5 Å². The number of nitrogen functional groups attached to an aromatic ring is 1. The number of nitrogens with one attached hydrogen (secondary N) is 1. The van der Waals surface area contributed by atoms with E-state index in [0.717, 1.165) is 0 Å². The Balaban J connectivity index is 2.05. The van der Waals surface area contributed by atoms with E-state index in [1.807, 2.05) is 6.07 Å². The van der Waals surface area contributed by atoms with Gasteiger partial charge in [-0.2, -0.15) is 5.26 Å². The molecule has 2 rings (SSSR count). The Labute approximate surface area is 106 Å². The van der Waals surface area contributed by atoms with Crippen LogP contribution in [0.4, 0.5) is 11.5 Å². The van der Waals surface area contributed by atoms with Crippen molar-refractivity contribution in [1.29, 1.82) is 5.26 Å². The Morgan fingerprint density at radius 2 is 2.11 bits per heavy atom. The molecule has 0 spiro atoms. The topological polar surface area (TPSA) is 109 Å². The maximum Gasteiger partial charge on any atom is 0.150 e. The second-order valence-corrected chi connectivity index (χ2v) is 6.65. The van der Waals surface area contributed by atoms with Crippen LogP contribution in [-0.2, 0) is 9.84 Å². The monoisotopic (exact) mass is 266 g/mol. The van der Waals surface area contributed by atoms with E-state index in [4.69, 9.17) is 11.0 Å². The molecule has 1 aliphatic heterocycles. The minimum atomic E-state index is -2.86. The molecule has 1 saturated heterocycles. The Hall–Kier alpha value is -1.81. The molecule has 2 heterocycles. The summed E-state index contributed by atoms with van der Waals surface area (Å²) >= 11 is 0. The summed E-state index contributed by atoms with van der Waals surface area (Å²) in [5, 5.41) is 11.8. The highest BCUT2D eigenvalue weighted by atomic mass is 32.2. The van der Waals surface area contributed by atoms with Crippen molar-refractivity contribution in [2.45, 2.75) is 18.9 Å². The summed E-state index contributed by atoms with van der Waals surface area (Å²) < 4.78 is 22.6. The Kier molecular flexibility index (Phi) is 3.39. The summed E-state index contributed by atoms with van der Waals surface area (Å²) in [6.45, 7) is 0. The molecule has 6 nitrogen and oxygen atoms in total. The molecule has 0 aliphatic carbocycles. The number of nitrogens with zero attached hydrogens (tertiary/aromatic N) is 2. The third kappa shape index (κ3) is 2.90. The molecular formula is C11H14N4O2S. The second kappa shape index (κ2) is 4.82. The van der Waals surface area contributed by atoms with Crippen molar-refractivity contribution in [3.63, 3.8) is 0 Å². The first-order valence-electron chi connectivity index (χ1n) is 5.63. The normalized spacial score (nSPS) is 19.1. The lowest BCUT2D eigenvalue weighted by atomic mass is 10.1. The number of sulfone groups is 1. The minimum absolute atomic E-state index is 0.0660. The highest BCUT2D eigenvalue weighted by Crippen LogP contribution is 2.21. The zero-order valence-corrected chi connectivity index (χ0v) is 10.6. The van der Waals surface area contributed by atoms with Gasteiger partial charge < -0.3 is 11.1 Å². The van der Waals surface area contributed by atoms with Crippen molar-refractivity contribution < 1.29 is 8.42 Å². The van der Waals surface area contributed by atoms with Crippen molar-refractivity contribution in [3.05, 3.63) is 17.8 Å². The van der Waals surface area contributed by atoms with Crippen molar-refractivity contribution in [3.8, 4) is 6.07 Å². The van der Waals surface area contributed by atoms with Crippen LogP contribution in [0, 0.1) is 11.3 Å². The lowest BCUT2D eigenvalue weighted by Crippen LogP contribution is -2.32. The molecular weight excluding hydrogens is 252 g/mol. The van der Waals surface area contributed by atoms with Gasteiger partial charge in [-0.3, -0.25) is 0 Å². The number of pyridine rings is 1. The van der Waals surface area contributed by atoms with Crippen molar-refractivity contribution in [2.75, 3.05) is 22.6 Å². The third-order valence-corrected chi connectivity index (χ3v) is 4.66. The summed E-state index contributed by atoms with van der Waals surface area (Å²) in [7, 11) is -2.86. The smallest absolute Gasteiger partial charge is 0.150 e. The highest BCUT2D eigenvalue weighted by molar-refractivity contribution is 7.91. The Morgan fingerprint density at radius 3 is 2.67 bits per heavy atom. The molecule has 0 saturated carbocycles. The lowest BCUT2D eigenvalue weighted by Gasteiger charge is -2.24. The SMILES string of the molecule is N#Cc1cnc(NC2CCS(=O)(=O)CC2)c(N)c1. The van der Waals surface area contributed by atoms with E-state index in [9.17, 15) is 8.42 Å². The molecule has 7 heteroatoms. The highest BCUT2D eigenvalue weighted by Gasteiger charge is 2.24. The van der Waals surface area contributed by atoms with Gasteiger partial charge in [0.25, 0.3) is 0 Å². The largest absolute Gasteiger partial charge is 0.396 e. The summed E-state index contributed by atoms with van der Waals surface area (Å²) in [5.74, 6) is 0.903. The van der Waals surface area contributed by atoms with Crippen LogP contribution < -0.4 is 11.1 Å². The fraction of sp³-hybridized carbons (Fsp3) is 0.455. The molecule has 0 aromatic carbocycles. The number of anilines is 2. The minimum Gasteiger partial charge on any atom is -0.396 e. The first-order chi connectivity index (χ1) is 8.50. The van der Waals surface area contributed by atoms with E-state index in [2.05, 4.69) is 10.3 Å². The van der Waals surface area contributed by atoms with Crippen LogP contribution in [0.25, 0.3) is 0 Å². The number of aromatic nitrogens is 1. The molecule has 0 atom stereocenters. The van der Waals surface area contributed by atoms with E-state index < -0.39 is 9.84 Å². The molecule has 96 valence electrons. The molecule has 3 N–H and O–H groups in total. The number of hydrogen-bond acceptors (Lipinski definition) is 6. The number of rotatable bonds is 2. The Morgan fingerprint density at radius 1 is 1.44 bits per heavy atom. The number of nitriles is 1. The quantitative estimate of drug-likeness (QED) is 0.808. The zero-order valence-electron chi connectivity index (χ0n) is 9.76. The van der Waals surface area contributed by atoms with E-state index in [0.29, 0.717) is 29.9 Å². The molecule has 0 bridgehead atoms. The van der Waals surface area contributed by atoms with Gasteiger partial charge >= 0.3 is 0 Å². The van der Waals surface area contributed by atoms with Gasteiger partial charge in [-0.05, 0) is 18.9 Å². The van der Waals surface area contributed by atoms with Crippen molar-refractivity contribution in [2.24, 2.45) is 0 Å². The molecule has 18 heavy (non-hydrogen) atoms. The van der Waals surface area contributed by atoms with Gasteiger partial charge in [-0.25, -0.2) is 13.4 Å². The average Bonchev–Trinajstić information content (AvgIpc) is 2.34. The summed E-state index contributed by atoms with van der Waals surface area (Å²) in [5.41, 5.74) is 6.58. The zero-order chi connectivity index (χ0) is 13.2. The van der Waals surface area contributed by atoms with E-state index >= 15 is 0 Å². The first-order valence-corrected chi connectivity index (χ1v) is 7.45. The van der Waals surface area contributed by atoms with E-state index in [1.54, 1.807) is 6.07 Å². The van der Waals surface area contributed by atoms with Crippen LogP contribution in [0.15, 0.2) is 12.3 Å². The van der Waals surface area contributed by atoms with Gasteiger partial charge in [0.15, 0.2) is 0 Å². The standard InChI is InChI=1S/C11H14N4O2S/c12-6-8-5-10(13)11(14-7-8)15-9-1-3-18(16,17)4-2-9/h5,7,9H,1-4,13H2,(H,14,15). The van der Waals surface area contributed by atoms with Crippen LogP contribution in [-0.4, -0.2) is 30.9 Å². The molecule has 1 aliphatic rings. The van der Waals surface area contributed by atoms with Crippen LogP contribution in [0.2, 0.25) is 0 Å². The van der Waals surface area contributed by atoms with Crippen molar-refractivity contribution >= 4 is 21.3 Å². The summed E-state index contributed by atoms with van der Waals surface area (Å²) in [6.07, 6.45) is 2.56. The molecule has 0 amide bonds. The Bertz CT molecular complexity index is 578. The van der Waals surface area contributed by atoms with Crippen LogP contribution in [0.5, 0.6) is 0 Å². The van der Waals surface area contributed by atoms with Gasteiger partial charge in [0.05, 0.1) is 22.8 Å². The van der Waals surface area contributed by atoms with Gasteiger partial charge in [0.2, 0.25) is 0 Å². The fourth-order valence-corrected chi connectivity index (χ4v) is 3.38. The summed E-state index contributed by atoms with van der Waals surface area (Å²) in [6, 6.07) is 3.58. The average molecular weight is 266 g/mol. The summed E-state index contributed by atoms with van der Waals surface area (Å²) in [4.78, 5) is 4.07. The second-order valence-electron chi connectivity index (χ2n) is 4.34. The number of nitrogens with two attached hydrogens (primary N) is 1. The third-order valence-electron chi connectivity index (χ3n) is 2.94. The molecule has 1 aromatic heterocycles. The maximum absolute atomic E-state index is 11.3. The predicted octanol–water partition coefficient (Wildman–Crippen LogP) is 0.525. The van der Waals surface area contributed by atoms with Crippen molar-refractivity contribution in [1.82, 2.24) is 4.98 Å². The fourth-order valence-electron chi connectivity index (χ4n) is 1.89. The van der Waals surface area contributed by atoms with Gasteiger partial charge in [0.1, 0.15) is 21.7 Å². The van der Waals surface area contributed by atoms with E-state index in [1.165, 1.54) is 6.20 Å². The molecule has 1 fully saturated rings. The number of hydrogen-bond donors (Lipinski definition) is 2. The molecule has 0 radical (unpaired) electrons. The van der Waals surface area contributed by atoms with Crippen LogP contribution >= 0.6 is 0 Å². The first kappa shape index (κ1) is 12.6. The molecule has 0 unspecified atom stereocenters.